The maximum atomic E-state index is 9.42. The maximum Gasteiger partial charge on any atom is 0.158 e. The van der Waals surface area contributed by atoms with Crippen molar-refractivity contribution < 1.29 is 19.3 Å². The second kappa shape index (κ2) is 11.8. The lowest BCUT2D eigenvalue weighted by Gasteiger charge is -2.24. The minimum atomic E-state index is -0.0805. The average Bonchev–Trinajstić information content (AvgIpc) is 3.59. The van der Waals surface area contributed by atoms with E-state index in [4.69, 9.17) is 14.2 Å². The molecule has 32 heavy (non-hydrogen) atoms. The van der Waals surface area contributed by atoms with E-state index >= 15 is 0 Å². The molecule has 1 N–H and O–H groups in total. The lowest BCUT2D eigenvalue weighted by molar-refractivity contribution is -0.168. The van der Waals surface area contributed by atoms with E-state index in [1.54, 1.807) is 0 Å². The molecule has 2 aromatic carbocycles. The summed E-state index contributed by atoms with van der Waals surface area (Å²) in [6, 6.07) is 17.0. The molecule has 1 heterocycles. The predicted octanol–water partition coefficient (Wildman–Crippen LogP) is 6.35. The summed E-state index contributed by atoms with van der Waals surface area (Å²) in [5.74, 6) is 0. The van der Waals surface area contributed by atoms with Gasteiger partial charge in [-0.25, -0.2) is 0 Å². The molecule has 5 heteroatoms. The molecular formula is C27H35BrO4. The van der Waals surface area contributed by atoms with Crippen molar-refractivity contribution in [3.63, 3.8) is 0 Å². The zero-order valence-corrected chi connectivity index (χ0v) is 20.4. The number of hydrogen-bond donors (Lipinski definition) is 1. The Balaban J connectivity index is 1.42. The van der Waals surface area contributed by atoms with Crippen LogP contribution in [0.1, 0.15) is 67.7 Å². The van der Waals surface area contributed by atoms with Crippen LogP contribution in [0.25, 0.3) is 0 Å². The highest BCUT2D eigenvalue weighted by Gasteiger charge is 2.42. The molecule has 1 unspecified atom stereocenters. The number of ether oxygens (including phenoxy) is 3. The van der Waals surface area contributed by atoms with Crippen LogP contribution in [0.4, 0.5) is 0 Å². The van der Waals surface area contributed by atoms with E-state index in [0.29, 0.717) is 13.2 Å². The van der Waals surface area contributed by atoms with Crippen LogP contribution >= 0.6 is 15.9 Å². The summed E-state index contributed by atoms with van der Waals surface area (Å²) >= 11 is 3.68. The zero-order chi connectivity index (χ0) is 22.2. The van der Waals surface area contributed by atoms with Crippen LogP contribution in [0.15, 0.2) is 53.0 Å². The van der Waals surface area contributed by atoms with Gasteiger partial charge >= 0.3 is 0 Å². The molecule has 1 saturated carbocycles. The molecule has 2 atom stereocenters. The summed E-state index contributed by atoms with van der Waals surface area (Å²) < 4.78 is 19.4. The molecule has 0 spiro atoms. The highest BCUT2D eigenvalue weighted by atomic mass is 79.9. The Morgan fingerprint density at radius 3 is 2.75 bits per heavy atom. The van der Waals surface area contributed by atoms with E-state index in [1.165, 1.54) is 17.5 Å². The first-order valence-electron chi connectivity index (χ1n) is 12.0. The van der Waals surface area contributed by atoms with E-state index in [1.807, 2.05) is 6.07 Å². The molecule has 0 bridgehead atoms. The van der Waals surface area contributed by atoms with E-state index < -0.39 is 0 Å². The van der Waals surface area contributed by atoms with Gasteiger partial charge in [-0.15, -0.1) is 0 Å². The maximum absolute atomic E-state index is 9.42. The van der Waals surface area contributed by atoms with Crippen molar-refractivity contribution in [2.75, 3.05) is 19.8 Å². The molecule has 174 valence electrons. The number of halogens is 1. The van der Waals surface area contributed by atoms with Crippen LogP contribution in [0, 0.1) is 5.41 Å². The van der Waals surface area contributed by atoms with Crippen molar-refractivity contribution >= 4 is 15.9 Å². The molecule has 1 saturated heterocycles. The van der Waals surface area contributed by atoms with Gasteiger partial charge in [-0.1, -0.05) is 58.4 Å². The number of aryl methyl sites for hydroxylation is 1. The summed E-state index contributed by atoms with van der Waals surface area (Å²) in [6.45, 7) is 2.31. The van der Waals surface area contributed by atoms with E-state index in [0.717, 1.165) is 61.6 Å². The Labute approximate surface area is 200 Å². The molecular weight excluding hydrogens is 468 g/mol. The van der Waals surface area contributed by atoms with Gasteiger partial charge < -0.3 is 19.3 Å². The van der Waals surface area contributed by atoms with Crippen LogP contribution in [0.5, 0.6) is 0 Å². The molecule has 0 amide bonds. The molecule has 4 rings (SSSR count). The summed E-state index contributed by atoms with van der Waals surface area (Å²) in [6.07, 6.45) is 8.20. The molecule has 2 fully saturated rings. The van der Waals surface area contributed by atoms with Gasteiger partial charge in [-0.3, -0.25) is 0 Å². The summed E-state index contributed by atoms with van der Waals surface area (Å²) in [4.78, 5) is 0. The van der Waals surface area contributed by atoms with Crippen molar-refractivity contribution in [1.29, 1.82) is 0 Å². The fourth-order valence-electron chi connectivity index (χ4n) is 4.41. The number of aliphatic hydroxyl groups is 1. The van der Waals surface area contributed by atoms with Crippen molar-refractivity contribution in [1.82, 2.24) is 0 Å². The highest BCUT2D eigenvalue weighted by Crippen LogP contribution is 2.49. The Morgan fingerprint density at radius 1 is 1.12 bits per heavy atom. The van der Waals surface area contributed by atoms with Gasteiger partial charge in [0.25, 0.3) is 0 Å². The monoisotopic (exact) mass is 502 g/mol. The molecule has 1 aliphatic carbocycles. The first kappa shape index (κ1) is 23.9. The van der Waals surface area contributed by atoms with Crippen LogP contribution in [0.2, 0.25) is 0 Å². The number of rotatable bonds is 12. The molecule has 4 nitrogen and oxygen atoms in total. The number of aliphatic hydroxyl groups excluding tert-OH is 1. The first-order chi connectivity index (χ1) is 15.7. The minimum Gasteiger partial charge on any atom is -0.396 e. The van der Waals surface area contributed by atoms with Crippen LogP contribution in [0.3, 0.4) is 0 Å². The van der Waals surface area contributed by atoms with Crippen molar-refractivity contribution in [3.8, 4) is 0 Å². The second-order valence-corrected chi connectivity index (χ2v) is 10.1. The normalized spacial score (nSPS) is 20.8. The smallest absolute Gasteiger partial charge is 0.158 e. The molecule has 1 aliphatic heterocycles. The number of benzene rings is 2. The van der Waals surface area contributed by atoms with Gasteiger partial charge in [0.1, 0.15) is 0 Å². The van der Waals surface area contributed by atoms with Gasteiger partial charge in [0.05, 0.1) is 19.3 Å². The van der Waals surface area contributed by atoms with Crippen LogP contribution in [-0.4, -0.2) is 31.2 Å². The molecule has 0 radical (unpaired) electrons. The number of hydrogen-bond acceptors (Lipinski definition) is 4. The SMILES string of the molecule is OCCC1(CO[C@H](CCc2ccccc2Br)c2cccc(COC3CCCCO3)c2)CC1. The Kier molecular flexibility index (Phi) is 8.78. The Hall–Kier alpha value is -1.24. The minimum absolute atomic E-state index is 0.0177. The molecule has 2 aromatic rings. The van der Waals surface area contributed by atoms with Crippen molar-refractivity contribution in [3.05, 3.63) is 69.7 Å². The lowest BCUT2D eigenvalue weighted by Crippen LogP contribution is -2.22. The van der Waals surface area contributed by atoms with Gasteiger partial charge in [-0.2, -0.15) is 0 Å². The largest absolute Gasteiger partial charge is 0.396 e. The Morgan fingerprint density at radius 2 is 2.00 bits per heavy atom. The second-order valence-electron chi connectivity index (χ2n) is 9.26. The third-order valence-corrected chi connectivity index (χ3v) is 7.49. The summed E-state index contributed by atoms with van der Waals surface area (Å²) in [5.41, 5.74) is 3.83. The van der Waals surface area contributed by atoms with Crippen LogP contribution < -0.4 is 0 Å². The standard InChI is InChI=1S/C27H35BrO4/c28-24-9-2-1-7-22(24)11-12-25(32-20-27(13-14-27)15-16-29)23-8-5-6-21(18-23)19-31-26-10-3-4-17-30-26/h1-2,5-9,18,25-26,29H,3-4,10-17,19-20H2/t25-,26?/m1/s1. The van der Waals surface area contributed by atoms with E-state index in [2.05, 4.69) is 58.4 Å². The summed E-state index contributed by atoms with van der Waals surface area (Å²) in [7, 11) is 0. The fraction of sp³-hybridized carbons (Fsp3) is 0.556. The van der Waals surface area contributed by atoms with E-state index in [-0.39, 0.29) is 24.4 Å². The summed E-state index contributed by atoms with van der Waals surface area (Å²) in [5, 5.41) is 9.42. The molecule has 2 aliphatic rings. The molecule has 0 aromatic heterocycles. The van der Waals surface area contributed by atoms with Crippen molar-refractivity contribution in [2.45, 2.75) is 70.4 Å². The fourth-order valence-corrected chi connectivity index (χ4v) is 4.89. The van der Waals surface area contributed by atoms with Gasteiger partial charge in [-0.05, 0) is 79.5 Å². The predicted molar refractivity (Wildman–Crippen MR) is 129 cm³/mol. The average molecular weight is 503 g/mol. The first-order valence-corrected chi connectivity index (χ1v) is 12.7. The van der Waals surface area contributed by atoms with Crippen molar-refractivity contribution in [2.24, 2.45) is 5.41 Å². The highest BCUT2D eigenvalue weighted by molar-refractivity contribution is 9.10. The zero-order valence-electron chi connectivity index (χ0n) is 18.8. The van der Waals surface area contributed by atoms with Crippen LogP contribution in [-0.2, 0) is 27.2 Å². The quantitative estimate of drug-likeness (QED) is 0.367. The van der Waals surface area contributed by atoms with E-state index in [9.17, 15) is 5.11 Å². The van der Waals surface area contributed by atoms with Gasteiger partial charge in [0, 0.05) is 17.7 Å². The lowest BCUT2D eigenvalue weighted by atomic mass is 9.99. The van der Waals surface area contributed by atoms with Gasteiger partial charge in [0.2, 0.25) is 0 Å². The van der Waals surface area contributed by atoms with Gasteiger partial charge in [0.15, 0.2) is 6.29 Å². The topological polar surface area (TPSA) is 47.9 Å². The Bertz CT molecular complexity index is 845. The third-order valence-electron chi connectivity index (χ3n) is 6.72. The third kappa shape index (κ3) is 6.88.